The smallest absolute Gasteiger partial charge is 0.329 e. The van der Waals surface area contributed by atoms with Crippen molar-refractivity contribution in [2.75, 3.05) is 6.61 Å². The lowest BCUT2D eigenvalue weighted by molar-refractivity contribution is -0.144. The molecule has 0 bridgehead atoms. The van der Waals surface area contributed by atoms with Crippen LogP contribution < -0.4 is 5.32 Å². The first kappa shape index (κ1) is 23.5. The minimum absolute atomic E-state index is 0.0668. The van der Waals surface area contributed by atoms with E-state index in [9.17, 15) is 14.4 Å². The number of benzene rings is 2. The van der Waals surface area contributed by atoms with E-state index in [-0.39, 0.29) is 18.0 Å². The highest BCUT2D eigenvalue weighted by Gasteiger charge is 2.26. The number of carbonyl (C=O) groups excluding carboxylic acids is 3. The van der Waals surface area contributed by atoms with E-state index in [2.05, 4.69) is 11.4 Å². The van der Waals surface area contributed by atoms with Crippen molar-refractivity contribution in [3.8, 4) is 6.07 Å². The zero-order valence-corrected chi connectivity index (χ0v) is 18.8. The number of nitrogens with one attached hydrogen (secondary N) is 1. The second-order valence-corrected chi connectivity index (χ2v) is 7.89. The topological polar surface area (TPSA) is 114 Å². The Bertz CT molecular complexity index is 1370. The van der Waals surface area contributed by atoms with Crippen LogP contribution in [0.4, 0.5) is 0 Å². The highest BCUT2D eigenvalue weighted by Crippen LogP contribution is 2.22. The van der Waals surface area contributed by atoms with E-state index in [1.165, 1.54) is 12.3 Å². The van der Waals surface area contributed by atoms with E-state index in [0.717, 1.165) is 16.5 Å². The third kappa shape index (κ3) is 5.65. The third-order valence-electron chi connectivity index (χ3n) is 5.52. The predicted octanol–water partition coefficient (Wildman–Crippen LogP) is 3.92. The molecule has 2 aromatic heterocycles. The number of hydrogen-bond donors (Lipinski definition) is 1. The van der Waals surface area contributed by atoms with Crippen LogP contribution in [0, 0.1) is 11.3 Å². The molecule has 4 aromatic rings. The fourth-order valence-corrected chi connectivity index (χ4v) is 3.82. The molecule has 0 fully saturated rings. The number of para-hydroxylation sites is 1. The highest BCUT2D eigenvalue weighted by molar-refractivity contribution is 6.09. The number of esters is 1. The Kier molecular flexibility index (Phi) is 7.38. The number of ketones is 1. The van der Waals surface area contributed by atoms with Crippen LogP contribution in [0.25, 0.3) is 10.9 Å². The second kappa shape index (κ2) is 11.0. The number of nitriles is 1. The third-order valence-corrected chi connectivity index (χ3v) is 5.52. The first-order chi connectivity index (χ1) is 17.1. The summed E-state index contributed by atoms with van der Waals surface area (Å²) < 4.78 is 12.3. The maximum Gasteiger partial charge on any atom is 0.329 e. The number of hydrogen-bond acceptors (Lipinski definition) is 6. The van der Waals surface area contributed by atoms with Crippen LogP contribution in [0.5, 0.6) is 0 Å². The minimum Gasteiger partial charge on any atom is -0.459 e. The van der Waals surface area contributed by atoms with Gasteiger partial charge in [0, 0.05) is 35.6 Å². The number of aryl methyl sites for hydroxylation is 1. The van der Waals surface area contributed by atoms with Gasteiger partial charge in [0.2, 0.25) is 5.78 Å². The van der Waals surface area contributed by atoms with E-state index >= 15 is 0 Å². The van der Waals surface area contributed by atoms with E-state index in [0.29, 0.717) is 18.5 Å². The molecule has 0 aliphatic heterocycles. The molecule has 0 unspecified atom stereocenters. The summed E-state index contributed by atoms with van der Waals surface area (Å²) in [5.74, 6) is -1.59. The molecule has 0 saturated carbocycles. The average Bonchev–Trinajstić information content (AvgIpc) is 3.55. The molecule has 8 heteroatoms. The van der Waals surface area contributed by atoms with E-state index < -0.39 is 24.5 Å². The number of Topliss-reactive ketones (excluding diaryl/α,β-unsaturated/α-hetero) is 1. The molecule has 176 valence electrons. The molecule has 2 heterocycles. The number of rotatable bonds is 10. The summed E-state index contributed by atoms with van der Waals surface area (Å²) in [5, 5.41) is 12.3. The van der Waals surface area contributed by atoms with Crippen LogP contribution in [0.1, 0.15) is 32.9 Å². The number of fused-ring (bicyclic) bond motifs is 1. The van der Waals surface area contributed by atoms with E-state index in [4.69, 9.17) is 14.4 Å². The molecule has 0 aliphatic carbocycles. The van der Waals surface area contributed by atoms with Gasteiger partial charge in [-0.25, -0.2) is 4.79 Å². The molecule has 35 heavy (non-hydrogen) atoms. The Morgan fingerprint density at radius 2 is 1.80 bits per heavy atom. The largest absolute Gasteiger partial charge is 0.459 e. The monoisotopic (exact) mass is 469 g/mol. The summed E-state index contributed by atoms with van der Waals surface area (Å²) >= 11 is 0. The van der Waals surface area contributed by atoms with Gasteiger partial charge in [-0.15, -0.1) is 0 Å². The Labute approximate surface area is 201 Å². The van der Waals surface area contributed by atoms with Crippen LogP contribution in [0.15, 0.2) is 83.6 Å². The number of ether oxygens (including phenoxy) is 1. The number of nitrogens with zero attached hydrogens (tertiary/aromatic N) is 2. The zero-order valence-electron chi connectivity index (χ0n) is 18.8. The molecule has 0 saturated heterocycles. The van der Waals surface area contributed by atoms with Crippen LogP contribution in [0.2, 0.25) is 0 Å². The summed E-state index contributed by atoms with van der Waals surface area (Å²) in [5.41, 5.74) is 2.05. The van der Waals surface area contributed by atoms with Gasteiger partial charge in [-0.2, -0.15) is 5.26 Å². The molecule has 0 radical (unpaired) electrons. The van der Waals surface area contributed by atoms with Crippen LogP contribution in [-0.2, 0) is 22.5 Å². The fourth-order valence-electron chi connectivity index (χ4n) is 3.82. The fraction of sp³-hybridized carbons (Fsp3) is 0.185. The highest BCUT2D eigenvalue weighted by atomic mass is 16.5. The maximum absolute atomic E-state index is 13.0. The van der Waals surface area contributed by atoms with Crippen molar-refractivity contribution in [2.45, 2.75) is 25.4 Å². The van der Waals surface area contributed by atoms with Crippen molar-refractivity contribution in [2.24, 2.45) is 0 Å². The molecule has 0 spiro atoms. The van der Waals surface area contributed by atoms with Gasteiger partial charge in [0.1, 0.15) is 6.04 Å². The maximum atomic E-state index is 13.0. The van der Waals surface area contributed by atoms with Gasteiger partial charge < -0.3 is 19.0 Å². The average molecular weight is 469 g/mol. The van der Waals surface area contributed by atoms with Crippen molar-refractivity contribution in [3.63, 3.8) is 0 Å². The quantitative estimate of drug-likeness (QED) is 0.278. The molecular weight excluding hydrogens is 446 g/mol. The Morgan fingerprint density at radius 1 is 1.03 bits per heavy atom. The Hall–Kier alpha value is -4.64. The van der Waals surface area contributed by atoms with Gasteiger partial charge in [-0.05, 0) is 23.8 Å². The van der Waals surface area contributed by atoms with Gasteiger partial charge in [0.15, 0.2) is 12.4 Å². The van der Waals surface area contributed by atoms with Gasteiger partial charge in [-0.1, -0.05) is 48.5 Å². The normalized spacial score (nSPS) is 11.5. The molecule has 8 nitrogen and oxygen atoms in total. The van der Waals surface area contributed by atoms with Crippen LogP contribution >= 0.6 is 0 Å². The lowest BCUT2D eigenvalue weighted by Crippen LogP contribution is -2.43. The molecule has 0 aliphatic rings. The van der Waals surface area contributed by atoms with Crippen LogP contribution in [-0.4, -0.2) is 34.9 Å². The minimum atomic E-state index is -1.01. The van der Waals surface area contributed by atoms with Crippen molar-refractivity contribution >= 4 is 28.6 Å². The summed E-state index contributed by atoms with van der Waals surface area (Å²) in [4.78, 5) is 38.4. The first-order valence-corrected chi connectivity index (χ1v) is 11.1. The predicted molar refractivity (Wildman–Crippen MR) is 128 cm³/mol. The summed E-state index contributed by atoms with van der Waals surface area (Å²) in [6.45, 7) is -0.0327. The number of aromatic nitrogens is 1. The Morgan fingerprint density at radius 3 is 2.54 bits per heavy atom. The number of furan rings is 1. The zero-order chi connectivity index (χ0) is 24.6. The van der Waals surface area contributed by atoms with Crippen LogP contribution in [0.3, 0.4) is 0 Å². The van der Waals surface area contributed by atoms with Crippen molar-refractivity contribution in [3.05, 3.63) is 96.1 Å². The number of amides is 1. The van der Waals surface area contributed by atoms with Gasteiger partial charge in [-0.3, -0.25) is 9.59 Å². The van der Waals surface area contributed by atoms with E-state index in [1.54, 1.807) is 12.3 Å². The molecular formula is C27H23N3O5. The lowest BCUT2D eigenvalue weighted by Gasteiger charge is -2.17. The first-order valence-electron chi connectivity index (χ1n) is 11.1. The van der Waals surface area contributed by atoms with Crippen molar-refractivity contribution < 1.29 is 23.5 Å². The molecule has 2 aromatic carbocycles. The molecule has 1 N–H and O–H groups in total. The van der Waals surface area contributed by atoms with E-state index in [1.807, 2.05) is 59.2 Å². The summed E-state index contributed by atoms with van der Waals surface area (Å²) in [7, 11) is 0. The van der Waals surface area contributed by atoms with Crippen molar-refractivity contribution in [1.82, 2.24) is 9.88 Å². The Balaban J connectivity index is 1.48. The molecule has 1 amide bonds. The molecule has 1 atom stereocenters. The van der Waals surface area contributed by atoms with Gasteiger partial charge in [0.05, 0.1) is 18.8 Å². The number of carbonyl (C=O) groups is 3. The second-order valence-electron chi connectivity index (χ2n) is 7.89. The van der Waals surface area contributed by atoms with Gasteiger partial charge >= 0.3 is 5.97 Å². The summed E-state index contributed by atoms with van der Waals surface area (Å²) in [6.07, 6.45) is 3.54. The van der Waals surface area contributed by atoms with Crippen molar-refractivity contribution in [1.29, 1.82) is 5.26 Å². The lowest BCUT2D eigenvalue weighted by atomic mass is 10.1. The van der Waals surface area contributed by atoms with Gasteiger partial charge in [0.25, 0.3) is 5.91 Å². The summed E-state index contributed by atoms with van der Waals surface area (Å²) in [6, 6.07) is 20.7. The SMILES string of the molecule is N#CCCn1cc(C(=O)COC(=O)[C@H](Cc2ccccc2)NC(=O)c2ccco2)c2ccccc21. The molecule has 4 rings (SSSR count). The standard InChI is InChI=1S/C27H23N3O5/c28-13-7-14-30-17-21(20-10-4-5-11-23(20)30)24(31)18-35-27(33)22(16-19-8-2-1-3-9-19)29-26(32)25-12-6-15-34-25/h1-6,8-12,15,17,22H,7,14,16,18H2,(H,29,32)/t22-/m0/s1.